The third-order valence-electron chi connectivity index (χ3n) is 2.10. The van der Waals surface area contributed by atoms with Crippen molar-refractivity contribution in [2.75, 3.05) is 6.61 Å². The highest BCUT2D eigenvalue weighted by Crippen LogP contribution is 2.21. The quantitative estimate of drug-likeness (QED) is 0.576. The summed E-state index contributed by atoms with van der Waals surface area (Å²) in [5.74, 6) is 0.674. The van der Waals surface area contributed by atoms with Crippen molar-refractivity contribution >= 4 is 11.2 Å². The summed E-state index contributed by atoms with van der Waals surface area (Å²) in [6.07, 6.45) is 1.56. The Bertz CT molecular complexity index is 525. The van der Waals surface area contributed by atoms with Gasteiger partial charge in [0.25, 0.3) is 0 Å². The molecule has 0 spiro atoms. The average molecular weight is 177 g/mol. The van der Waals surface area contributed by atoms with Crippen molar-refractivity contribution in [2.24, 2.45) is 0 Å². The lowest BCUT2D eigenvalue weighted by molar-refractivity contribution is 0.359. The summed E-state index contributed by atoms with van der Waals surface area (Å²) in [6, 6.07) is 0. The van der Waals surface area contributed by atoms with Gasteiger partial charge in [-0.15, -0.1) is 0 Å². The fourth-order valence-corrected chi connectivity index (χ4v) is 1.51. The Morgan fingerprint density at radius 2 is 2.54 bits per heavy atom. The smallest absolute Gasteiger partial charge is 0.227 e. The highest BCUT2D eigenvalue weighted by molar-refractivity contribution is 5.75. The summed E-state index contributed by atoms with van der Waals surface area (Å²) >= 11 is 0. The van der Waals surface area contributed by atoms with E-state index in [0.29, 0.717) is 24.7 Å². The van der Waals surface area contributed by atoms with E-state index in [1.54, 1.807) is 10.9 Å². The van der Waals surface area contributed by atoms with Crippen LogP contribution in [0.4, 0.5) is 0 Å². The number of hydrogen-bond donors (Lipinski definition) is 2. The van der Waals surface area contributed by atoms with Gasteiger partial charge in [0.05, 0.1) is 12.9 Å². The number of imidazole rings is 1. The summed E-state index contributed by atoms with van der Waals surface area (Å²) in [5, 5.41) is 7.59. The van der Waals surface area contributed by atoms with E-state index in [2.05, 4.69) is 15.0 Å². The van der Waals surface area contributed by atoms with E-state index in [4.69, 9.17) is 10.1 Å². The predicted octanol–water partition coefficient (Wildman–Crippen LogP) is -0.369. The third-order valence-corrected chi connectivity index (χ3v) is 2.10. The first-order valence-corrected chi connectivity index (χ1v) is 3.97. The van der Waals surface area contributed by atoms with Gasteiger partial charge in [-0.2, -0.15) is 4.98 Å². The second-order valence-electron chi connectivity index (χ2n) is 2.84. The molecule has 3 heterocycles. The van der Waals surface area contributed by atoms with Crippen molar-refractivity contribution in [1.29, 1.82) is 5.41 Å². The SMILES string of the molecule is N=c1nc2nc[nH]c2c2n1CCO2. The van der Waals surface area contributed by atoms with Crippen molar-refractivity contribution in [2.45, 2.75) is 6.54 Å². The number of nitrogens with zero attached hydrogens (tertiary/aromatic N) is 3. The van der Waals surface area contributed by atoms with Crippen LogP contribution in [-0.4, -0.2) is 26.1 Å². The molecule has 1 aliphatic rings. The number of aromatic nitrogens is 4. The van der Waals surface area contributed by atoms with Crippen LogP contribution in [0.15, 0.2) is 6.33 Å². The van der Waals surface area contributed by atoms with E-state index < -0.39 is 0 Å². The summed E-state index contributed by atoms with van der Waals surface area (Å²) in [7, 11) is 0. The normalized spacial score (nSPS) is 14.5. The molecule has 3 rings (SSSR count). The minimum atomic E-state index is 0.201. The zero-order valence-electron chi connectivity index (χ0n) is 6.74. The van der Waals surface area contributed by atoms with Gasteiger partial charge in [0.15, 0.2) is 5.65 Å². The average Bonchev–Trinajstić information content (AvgIpc) is 2.66. The first-order chi connectivity index (χ1) is 6.36. The summed E-state index contributed by atoms with van der Waals surface area (Å²) in [6.45, 7) is 1.29. The molecule has 0 saturated heterocycles. The fourth-order valence-electron chi connectivity index (χ4n) is 1.51. The Balaban J connectivity index is 2.55. The minimum Gasteiger partial charge on any atom is -0.475 e. The van der Waals surface area contributed by atoms with Gasteiger partial charge in [-0.25, -0.2) is 4.98 Å². The van der Waals surface area contributed by atoms with Gasteiger partial charge in [-0.1, -0.05) is 0 Å². The molecule has 1 aliphatic heterocycles. The lowest BCUT2D eigenvalue weighted by Gasteiger charge is -2.00. The maximum Gasteiger partial charge on any atom is 0.227 e. The molecule has 0 bridgehead atoms. The Morgan fingerprint density at radius 1 is 1.62 bits per heavy atom. The Morgan fingerprint density at radius 3 is 3.46 bits per heavy atom. The molecule has 0 saturated carbocycles. The molecule has 0 unspecified atom stereocenters. The molecule has 0 aromatic carbocycles. The van der Waals surface area contributed by atoms with E-state index >= 15 is 0 Å². The van der Waals surface area contributed by atoms with Gasteiger partial charge in [-0.3, -0.25) is 9.98 Å². The number of rotatable bonds is 0. The fraction of sp³-hybridized carbons (Fsp3) is 0.286. The van der Waals surface area contributed by atoms with Crippen molar-refractivity contribution < 1.29 is 4.74 Å². The van der Waals surface area contributed by atoms with Crippen LogP contribution in [0.25, 0.3) is 11.2 Å². The molecule has 0 atom stereocenters. The molecule has 0 aliphatic carbocycles. The number of fused-ring (bicyclic) bond motifs is 3. The number of nitrogens with one attached hydrogen (secondary N) is 2. The minimum absolute atomic E-state index is 0.201. The molecule has 0 radical (unpaired) electrons. The van der Waals surface area contributed by atoms with Crippen molar-refractivity contribution in [1.82, 2.24) is 19.5 Å². The predicted molar refractivity (Wildman–Crippen MR) is 43.2 cm³/mol. The number of aromatic amines is 1. The van der Waals surface area contributed by atoms with Gasteiger partial charge in [-0.05, 0) is 0 Å². The number of hydrogen-bond acceptors (Lipinski definition) is 4. The lowest BCUT2D eigenvalue weighted by atomic mass is 10.5. The molecular formula is C7H7N5O. The second-order valence-corrected chi connectivity index (χ2v) is 2.84. The highest BCUT2D eigenvalue weighted by atomic mass is 16.5. The van der Waals surface area contributed by atoms with Gasteiger partial charge in [0, 0.05) is 0 Å². The van der Waals surface area contributed by atoms with Crippen molar-refractivity contribution in [3.05, 3.63) is 11.9 Å². The van der Waals surface area contributed by atoms with Crippen LogP contribution < -0.4 is 10.4 Å². The van der Waals surface area contributed by atoms with Gasteiger partial charge >= 0.3 is 0 Å². The first kappa shape index (κ1) is 6.64. The van der Waals surface area contributed by atoms with E-state index in [9.17, 15) is 0 Å². The van der Waals surface area contributed by atoms with E-state index in [1.165, 1.54) is 0 Å². The summed E-state index contributed by atoms with van der Waals surface area (Å²) in [5.41, 5.74) is 1.51. The summed E-state index contributed by atoms with van der Waals surface area (Å²) < 4.78 is 7.11. The summed E-state index contributed by atoms with van der Waals surface area (Å²) in [4.78, 5) is 10.9. The maximum atomic E-state index is 7.59. The molecular weight excluding hydrogens is 170 g/mol. The van der Waals surface area contributed by atoms with Crippen LogP contribution in [0.3, 0.4) is 0 Å². The van der Waals surface area contributed by atoms with Crippen LogP contribution in [-0.2, 0) is 6.54 Å². The molecule has 66 valence electrons. The second kappa shape index (κ2) is 2.09. The van der Waals surface area contributed by atoms with Gasteiger partial charge in [0.1, 0.15) is 12.1 Å². The number of ether oxygens (including phenoxy) is 1. The van der Waals surface area contributed by atoms with Crippen LogP contribution in [0.5, 0.6) is 5.88 Å². The van der Waals surface area contributed by atoms with Crippen molar-refractivity contribution in [3.63, 3.8) is 0 Å². The highest BCUT2D eigenvalue weighted by Gasteiger charge is 2.17. The lowest BCUT2D eigenvalue weighted by Crippen LogP contribution is -2.20. The zero-order valence-corrected chi connectivity index (χ0v) is 6.74. The van der Waals surface area contributed by atoms with Crippen LogP contribution in [0.1, 0.15) is 0 Å². The standard InChI is InChI=1S/C7H7N5O/c8-7-11-5-4(9-3-10-5)6-12(7)1-2-13-6/h3H,1-2H2,(H2,8,9,10,11). The first-order valence-electron chi connectivity index (χ1n) is 3.97. The Labute approximate surface area is 72.7 Å². The monoisotopic (exact) mass is 177 g/mol. The third kappa shape index (κ3) is 0.742. The molecule has 0 amide bonds. The van der Waals surface area contributed by atoms with Crippen LogP contribution in [0, 0.1) is 5.41 Å². The number of H-pyrrole nitrogens is 1. The molecule has 6 heteroatoms. The van der Waals surface area contributed by atoms with E-state index in [-0.39, 0.29) is 5.62 Å². The van der Waals surface area contributed by atoms with Crippen LogP contribution in [0.2, 0.25) is 0 Å². The zero-order chi connectivity index (χ0) is 8.84. The molecule has 0 fully saturated rings. The van der Waals surface area contributed by atoms with Crippen molar-refractivity contribution in [3.8, 4) is 5.88 Å². The molecule has 2 N–H and O–H groups in total. The maximum absolute atomic E-state index is 7.59. The molecule has 2 aromatic rings. The molecule has 13 heavy (non-hydrogen) atoms. The van der Waals surface area contributed by atoms with Gasteiger partial charge in [0.2, 0.25) is 11.5 Å². The van der Waals surface area contributed by atoms with E-state index in [1.807, 2.05) is 0 Å². The molecule has 2 aromatic heterocycles. The largest absolute Gasteiger partial charge is 0.475 e. The van der Waals surface area contributed by atoms with Gasteiger partial charge < -0.3 is 9.72 Å². The molecule has 6 nitrogen and oxygen atoms in total. The van der Waals surface area contributed by atoms with Crippen LogP contribution >= 0.6 is 0 Å². The van der Waals surface area contributed by atoms with E-state index in [0.717, 1.165) is 5.52 Å². The Kier molecular flexibility index (Phi) is 1.07. The Hall–Kier alpha value is -1.85. The topological polar surface area (TPSA) is 79.6 Å².